The number of amides is 1. The van der Waals surface area contributed by atoms with E-state index in [1.165, 1.54) is 13.2 Å². The first-order valence-electron chi connectivity index (χ1n) is 12.6. The van der Waals surface area contributed by atoms with Gasteiger partial charge >= 0.3 is 0 Å². The third-order valence-electron chi connectivity index (χ3n) is 7.09. The molecule has 2 rings (SSSR count). The van der Waals surface area contributed by atoms with Crippen molar-refractivity contribution in [3.05, 3.63) is 58.9 Å². The monoisotopic (exact) mass is 515 g/mol. The van der Waals surface area contributed by atoms with Gasteiger partial charge in [-0.2, -0.15) is 0 Å². The fourth-order valence-corrected chi connectivity index (χ4v) is 4.95. The Hall–Kier alpha value is -2.65. The smallest absolute Gasteiger partial charge is 0.251 e. The number of ketones is 2. The minimum Gasteiger partial charge on any atom is -0.388 e. The second kappa shape index (κ2) is 13.8. The Morgan fingerprint density at radius 3 is 2.22 bits per heavy atom. The standard InChI is InChI=1S/C29H41NO7/c1-16-10-9-11-17(2)29(34)30-23-15-21(31)14-22(26(23)33)27(36-7)20(5)13-24(35-6)28(37-8)19(4)12-18(3)25(16)32/h9-12,14-16,19-20,24-25,27-28,32H,13H2,1-8H3,(H,30,34)/b10-9-,17-11+,18-12+/t16-,19-,20-,24-,25+,27-,28+/m0/s1. The van der Waals surface area contributed by atoms with Crippen LogP contribution < -0.4 is 5.32 Å². The van der Waals surface area contributed by atoms with Crippen molar-refractivity contribution in [2.45, 2.75) is 65.5 Å². The van der Waals surface area contributed by atoms with Gasteiger partial charge in [0.15, 0.2) is 5.78 Å². The van der Waals surface area contributed by atoms with E-state index >= 15 is 0 Å². The van der Waals surface area contributed by atoms with Gasteiger partial charge in [-0.1, -0.05) is 45.1 Å². The number of aliphatic hydroxyl groups excluding tert-OH is 1. The number of ether oxygens (including phenoxy) is 3. The number of carbonyl (C=O) groups excluding carboxylic acids is 3. The molecule has 8 nitrogen and oxygen atoms in total. The lowest BCUT2D eigenvalue weighted by Gasteiger charge is -2.33. The van der Waals surface area contributed by atoms with E-state index in [0.717, 1.165) is 11.6 Å². The molecule has 0 aromatic heterocycles. The van der Waals surface area contributed by atoms with Crippen LogP contribution in [-0.2, 0) is 28.6 Å². The summed E-state index contributed by atoms with van der Waals surface area (Å²) in [4.78, 5) is 38.5. The van der Waals surface area contributed by atoms with E-state index in [4.69, 9.17) is 14.2 Å². The van der Waals surface area contributed by atoms with Gasteiger partial charge in [0.2, 0.25) is 5.78 Å². The Bertz CT molecular complexity index is 1020. The maximum absolute atomic E-state index is 13.3. The van der Waals surface area contributed by atoms with Gasteiger partial charge in [0.05, 0.1) is 30.1 Å². The fraction of sp³-hybridized carbons (Fsp3) is 0.552. The number of Topliss-reactive ketones (excluding diaryl/α,β-unsaturated/α-hetero) is 1. The van der Waals surface area contributed by atoms with Crippen LogP contribution in [0.1, 0.15) is 41.0 Å². The average molecular weight is 516 g/mol. The summed E-state index contributed by atoms with van der Waals surface area (Å²) in [6, 6.07) is 0. The molecule has 0 saturated heterocycles. The number of hydrogen-bond donors (Lipinski definition) is 2. The summed E-state index contributed by atoms with van der Waals surface area (Å²) in [7, 11) is 4.70. The summed E-state index contributed by atoms with van der Waals surface area (Å²) in [6.45, 7) is 9.30. The van der Waals surface area contributed by atoms with Crippen LogP contribution in [0.2, 0.25) is 0 Å². The molecular formula is C29H41NO7. The molecule has 2 bridgehead atoms. The highest BCUT2D eigenvalue weighted by Crippen LogP contribution is 2.29. The van der Waals surface area contributed by atoms with Crippen molar-refractivity contribution in [2.75, 3.05) is 21.3 Å². The summed E-state index contributed by atoms with van der Waals surface area (Å²) < 4.78 is 17.3. The Kier molecular flexibility index (Phi) is 11.4. The third kappa shape index (κ3) is 7.68. The molecule has 7 atom stereocenters. The van der Waals surface area contributed by atoms with Crippen molar-refractivity contribution in [1.29, 1.82) is 0 Å². The minimum atomic E-state index is -0.724. The largest absolute Gasteiger partial charge is 0.388 e. The maximum atomic E-state index is 13.3. The molecule has 2 N–H and O–H groups in total. The van der Waals surface area contributed by atoms with Crippen LogP contribution in [-0.4, -0.2) is 68.3 Å². The molecule has 0 unspecified atom stereocenters. The average Bonchev–Trinajstić information content (AvgIpc) is 2.85. The van der Waals surface area contributed by atoms with Gasteiger partial charge in [0.1, 0.15) is 0 Å². The van der Waals surface area contributed by atoms with E-state index in [2.05, 4.69) is 5.32 Å². The van der Waals surface area contributed by atoms with Gasteiger partial charge < -0.3 is 24.6 Å². The molecule has 0 spiro atoms. The number of allylic oxidation sites excluding steroid dienone is 5. The van der Waals surface area contributed by atoms with Crippen LogP contribution in [0.3, 0.4) is 0 Å². The Balaban J connectivity index is 2.56. The first-order valence-corrected chi connectivity index (χ1v) is 12.6. The zero-order chi connectivity index (χ0) is 27.9. The van der Waals surface area contributed by atoms with Crippen molar-refractivity contribution in [1.82, 2.24) is 5.32 Å². The van der Waals surface area contributed by atoms with Crippen LogP contribution in [0, 0.1) is 17.8 Å². The van der Waals surface area contributed by atoms with Crippen LogP contribution in [0.15, 0.2) is 58.9 Å². The predicted octanol–water partition coefficient (Wildman–Crippen LogP) is 3.23. The van der Waals surface area contributed by atoms with Crippen LogP contribution in [0.4, 0.5) is 0 Å². The lowest BCUT2D eigenvalue weighted by molar-refractivity contribution is -0.120. The Morgan fingerprint density at radius 2 is 1.62 bits per heavy atom. The van der Waals surface area contributed by atoms with Crippen LogP contribution >= 0.6 is 0 Å². The molecule has 204 valence electrons. The van der Waals surface area contributed by atoms with Gasteiger partial charge in [-0.15, -0.1) is 0 Å². The number of hydrogen-bond acceptors (Lipinski definition) is 7. The topological polar surface area (TPSA) is 111 Å². The molecular weight excluding hydrogens is 474 g/mol. The highest BCUT2D eigenvalue weighted by Gasteiger charge is 2.36. The number of fused-ring (bicyclic) bond motifs is 2. The number of rotatable bonds is 3. The van der Waals surface area contributed by atoms with E-state index in [9.17, 15) is 19.5 Å². The van der Waals surface area contributed by atoms with E-state index in [0.29, 0.717) is 12.0 Å². The Labute approximate surface area is 220 Å². The molecule has 0 fully saturated rings. The van der Waals surface area contributed by atoms with Crippen molar-refractivity contribution in [3.8, 4) is 0 Å². The van der Waals surface area contributed by atoms with E-state index in [-0.39, 0.29) is 41.2 Å². The molecule has 0 aromatic carbocycles. The quantitative estimate of drug-likeness (QED) is 0.439. The van der Waals surface area contributed by atoms with Crippen molar-refractivity contribution in [2.24, 2.45) is 17.8 Å². The molecule has 0 saturated carbocycles. The summed E-state index contributed by atoms with van der Waals surface area (Å²) in [5.74, 6) is -1.91. The molecule has 0 aromatic rings. The highest BCUT2D eigenvalue weighted by atomic mass is 16.5. The normalized spacial score (nSPS) is 36.5. The molecule has 1 amide bonds. The molecule has 8 heteroatoms. The SMILES string of the molecule is CO[C@H]1[C@@H](OC)C[C@H](C)[C@H](OC)C2=CC(=O)C=C(NC(=O)/C(C)=C/C=C\[C@H](C)[C@@H](O)/C(C)=C/[C@@H]1C)C2=O. The minimum absolute atomic E-state index is 0.0910. The highest BCUT2D eigenvalue weighted by molar-refractivity contribution is 6.22. The lowest BCUT2D eigenvalue weighted by atomic mass is 9.83. The van der Waals surface area contributed by atoms with Crippen LogP contribution in [0.5, 0.6) is 0 Å². The summed E-state index contributed by atoms with van der Waals surface area (Å²) in [5, 5.41) is 13.4. The number of carbonyl (C=O) groups is 3. The molecule has 37 heavy (non-hydrogen) atoms. The summed E-state index contributed by atoms with van der Waals surface area (Å²) in [5.41, 5.74) is 1.24. The van der Waals surface area contributed by atoms with Crippen LogP contribution in [0.25, 0.3) is 0 Å². The molecule has 1 heterocycles. The van der Waals surface area contributed by atoms with Gasteiger partial charge in [-0.25, -0.2) is 0 Å². The molecule has 1 aliphatic carbocycles. The van der Waals surface area contributed by atoms with Crippen molar-refractivity contribution >= 4 is 17.5 Å². The van der Waals surface area contributed by atoms with Gasteiger partial charge in [0, 0.05) is 50.4 Å². The van der Waals surface area contributed by atoms with E-state index in [1.807, 2.05) is 39.8 Å². The summed E-state index contributed by atoms with van der Waals surface area (Å²) >= 11 is 0. The van der Waals surface area contributed by atoms with Crippen molar-refractivity contribution in [3.63, 3.8) is 0 Å². The van der Waals surface area contributed by atoms with E-state index < -0.39 is 29.7 Å². The second-order valence-corrected chi connectivity index (χ2v) is 10.00. The fourth-order valence-electron chi connectivity index (χ4n) is 4.95. The lowest BCUT2D eigenvalue weighted by Crippen LogP contribution is -2.40. The number of aliphatic hydroxyl groups is 1. The predicted molar refractivity (Wildman–Crippen MR) is 141 cm³/mol. The maximum Gasteiger partial charge on any atom is 0.251 e. The molecule has 0 radical (unpaired) electrons. The second-order valence-electron chi connectivity index (χ2n) is 10.00. The summed E-state index contributed by atoms with van der Waals surface area (Å²) in [6.07, 6.45) is 7.84. The first kappa shape index (κ1) is 30.6. The van der Waals surface area contributed by atoms with Gasteiger partial charge in [-0.05, 0) is 37.8 Å². The zero-order valence-electron chi connectivity index (χ0n) is 23.1. The van der Waals surface area contributed by atoms with Gasteiger partial charge in [0.25, 0.3) is 5.91 Å². The van der Waals surface area contributed by atoms with E-state index in [1.54, 1.807) is 33.3 Å². The molecule has 1 aliphatic heterocycles. The number of nitrogens with one attached hydrogen (secondary N) is 1. The third-order valence-corrected chi connectivity index (χ3v) is 7.09. The van der Waals surface area contributed by atoms with Crippen molar-refractivity contribution < 1.29 is 33.7 Å². The Morgan fingerprint density at radius 1 is 0.946 bits per heavy atom. The van der Waals surface area contributed by atoms with Gasteiger partial charge in [-0.3, -0.25) is 14.4 Å². The zero-order valence-corrected chi connectivity index (χ0v) is 23.1. The molecule has 2 aliphatic rings. The number of methoxy groups -OCH3 is 3. The first-order chi connectivity index (χ1) is 17.4.